The number of carbonyl (C=O) groups excluding carboxylic acids is 1. The molecule has 1 aliphatic heterocycles. The number of halogens is 2. The number of nitrogens with two attached hydrogens (primary N) is 1. The Hall–Kier alpha value is -2.04. The summed E-state index contributed by atoms with van der Waals surface area (Å²) in [6, 6.07) is 10.5. The van der Waals surface area contributed by atoms with E-state index in [0.717, 1.165) is 5.56 Å². The van der Waals surface area contributed by atoms with Gasteiger partial charge in [0, 0.05) is 47.4 Å². The van der Waals surface area contributed by atoms with Gasteiger partial charge in [-0.05, 0) is 68.4 Å². The molecule has 4 N–H and O–H groups in total. The molecule has 208 valence electrons. The standard InChI is InChI=1S/C28H38ClFN4O3S/c1-17(2)26(19-7-9-20(29)10-8-19)27(31)28(35)33-25-6-4-5-24(30)23(25)14-11-21-16-32-15-18(3)34(21)38(36,37)22-12-13-22/h4-10,17-18,21-22,26-27,32H,11-16,31H2,1-3H3,(H,33,35). The number of nitrogens with one attached hydrogen (secondary N) is 2. The summed E-state index contributed by atoms with van der Waals surface area (Å²) in [5.74, 6) is -1.04. The van der Waals surface area contributed by atoms with Crippen LogP contribution < -0.4 is 16.4 Å². The van der Waals surface area contributed by atoms with Gasteiger partial charge in [0.25, 0.3) is 0 Å². The highest BCUT2D eigenvalue weighted by Crippen LogP contribution is 2.35. The van der Waals surface area contributed by atoms with Gasteiger partial charge in [-0.2, -0.15) is 4.31 Å². The number of anilines is 1. The van der Waals surface area contributed by atoms with Crippen LogP contribution in [0.2, 0.25) is 5.02 Å². The first-order chi connectivity index (χ1) is 18.0. The van der Waals surface area contributed by atoms with Gasteiger partial charge in [0.05, 0.1) is 11.3 Å². The summed E-state index contributed by atoms with van der Waals surface area (Å²) in [4.78, 5) is 13.3. The van der Waals surface area contributed by atoms with Crippen molar-refractivity contribution in [1.82, 2.24) is 9.62 Å². The Labute approximate surface area is 230 Å². The number of hydrogen-bond donors (Lipinski definition) is 3. The Balaban J connectivity index is 1.51. The summed E-state index contributed by atoms with van der Waals surface area (Å²) < 4.78 is 43.0. The number of rotatable bonds is 10. The van der Waals surface area contributed by atoms with Gasteiger partial charge in [0.1, 0.15) is 5.82 Å². The molecular weight excluding hydrogens is 527 g/mol. The molecule has 2 aliphatic rings. The molecular formula is C28H38ClFN4O3S. The first-order valence-corrected chi connectivity index (χ1v) is 15.2. The van der Waals surface area contributed by atoms with Crippen LogP contribution >= 0.6 is 11.6 Å². The molecule has 1 amide bonds. The summed E-state index contributed by atoms with van der Waals surface area (Å²) in [5, 5.41) is 6.46. The van der Waals surface area contributed by atoms with Crippen LogP contribution in [0.25, 0.3) is 0 Å². The highest BCUT2D eigenvalue weighted by atomic mass is 35.5. The van der Waals surface area contributed by atoms with E-state index in [1.165, 1.54) is 6.07 Å². The van der Waals surface area contributed by atoms with Gasteiger partial charge in [-0.15, -0.1) is 0 Å². The predicted molar refractivity (Wildman–Crippen MR) is 150 cm³/mol. The smallest absolute Gasteiger partial charge is 0.241 e. The van der Waals surface area contributed by atoms with E-state index in [4.69, 9.17) is 17.3 Å². The molecule has 10 heteroatoms. The minimum absolute atomic E-state index is 0.0732. The van der Waals surface area contributed by atoms with E-state index < -0.39 is 27.8 Å². The molecule has 4 unspecified atom stereocenters. The summed E-state index contributed by atoms with van der Waals surface area (Å²) in [5.41, 5.74) is 8.07. The highest BCUT2D eigenvalue weighted by molar-refractivity contribution is 7.90. The molecule has 1 saturated carbocycles. The Morgan fingerprint density at radius 2 is 1.87 bits per heavy atom. The van der Waals surface area contributed by atoms with Crippen molar-refractivity contribution in [2.45, 2.75) is 75.7 Å². The second-order valence-corrected chi connectivity index (χ2v) is 13.4. The van der Waals surface area contributed by atoms with Gasteiger partial charge in [0.2, 0.25) is 15.9 Å². The van der Waals surface area contributed by atoms with Crippen LogP contribution in [0, 0.1) is 11.7 Å². The first-order valence-electron chi connectivity index (χ1n) is 13.3. The fourth-order valence-electron chi connectivity index (χ4n) is 5.54. The fourth-order valence-corrected chi connectivity index (χ4v) is 7.91. The third kappa shape index (κ3) is 6.39. The average Bonchev–Trinajstić information content (AvgIpc) is 3.71. The molecule has 0 aromatic heterocycles. The van der Waals surface area contributed by atoms with Gasteiger partial charge >= 0.3 is 0 Å². The van der Waals surface area contributed by atoms with Crippen molar-refractivity contribution in [2.24, 2.45) is 11.7 Å². The summed E-state index contributed by atoms with van der Waals surface area (Å²) >= 11 is 6.04. The Kier molecular flexibility index (Phi) is 9.15. The zero-order valence-corrected chi connectivity index (χ0v) is 23.7. The number of amides is 1. The monoisotopic (exact) mass is 564 g/mol. The molecule has 1 heterocycles. The number of sulfonamides is 1. The van der Waals surface area contributed by atoms with Crippen molar-refractivity contribution in [3.63, 3.8) is 0 Å². The lowest BCUT2D eigenvalue weighted by Gasteiger charge is -2.40. The number of piperazine rings is 1. The maximum absolute atomic E-state index is 15.0. The van der Waals surface area contributed by atoms with Crippen LogP contribution in [0.3, 0.4) is 0 Å². The number of nitrogens with zero attached hydrogens (tertiary/aromatic N) is 1. The summed E-state index contributed by atoms with van der Waals surface area (Å²) in [6.07, 6.45) is 2.10. The largest absolute Gasteiger partial charge is 0.324 e. The molecule has 2 fully saturated rings. The van der Waals surface area contributed by atoms with Crippen molar-refractivity contribution >= 4 is 33.2 Å². The minimum atomic E-state index is -3.38. The van der Waals surface area contributed by atoms with Gasteiger partial charge in [-0.1, -0.05) is 43.6 Å². The quantitative estimate of drug-likeness (QED) is 0.400. The lowest BCUT2D eigenvalue weighted by Crippen LogP contribution is -2.59. The molecule has 2 aromatic rings. The van der Waals surface area contributed by atoms with E-state index in [-0.39, 0.29) is 35.6 Å². The van der Waals surface area contributed by atoms with Crippen LogP contribution in [0.4, 0.5) is 10.1 Å². The molecule has 0 bridgehead atoms. The lowest BCUT2D eigenvalue weighted by molar-refractivity contribution is -0.118. The van der Waals surface area contributed by atoms with Crippen LogP contribution in [0.1, 0.15) is 57.1 Å². The molecule has 1 aliphatic carbocycles. The van der Waals surface area contributed by atoms with Crippen molar-refractivity contribution < 1.29 is 17.6 Å². The third-order valence-corrected chi connectivity index (χ3v) is 10.4. The molecule has 38 heavy (non-hydrogen) atoms. The van der Waals surface area contributed by atoms with Gasteiger partial charge in [-0.3, -0.25) is 4.79 Å². The Morgan fingerprint density at radius 3 is 2.50 bits per heavy atom. The summed E-state index contributed by atoms with van der Waals surface area (Å²) in [6.45, 7) is 7.00. The molecule has 0 spiro atoms. The molecule has 0 radical (unpaired) electrons. The van der Waals surface area contributed by atoms with E-state index >= 15 is 4.39 Å². The van der Waals surface area contributed by atoms with Crippen molar-refractivity contribution in [1.29, 1.82) is 0 Å². The average molecular weight is 565 g/mol. The lowest BCUT2D eigenvalue weighted by atomic mass is 9.82. The zero-order valence-electron chi connectivity index (χ0n) is 22.2. The van der Waals surface area contributed by atoms with E-state index in [2.05, 4.69) is 10.6 Å². The van der Waals surface area contributed by atoms with E-state index in [9.17, 15) is 13.2 Å². The minimum Gasteiger partial charge on any atom is -0.324 e. The maximum atomic E-state index is 15.0. The van der Waals surface area contributed by atoms with Gasteiger partial charge in [-0.25, -0.2) is 12.8 Å². The summed E-state index contributed by atoms with van der Waals surface area (Å²) in [7, 11) is -3.38. The predicted octanol–water partition coefficient (Wildman–Crippen LogP) is 4.27. The Morgan fingerprint density at radius 1 is 1.18 bits per heavy atom. The second-order valence-electron chi connectivity index (χ2n) is 10.9. The fraction of sp³-hybridized carbons (Fsp3) is 0.536. The number of carbonyl (C=O) groups is 1. The van der Waals surface area contributed by atoms with Gasteiger partial charge in [0.15, 0.2) is 0 Å². The van der Waals surface area contributed by atoms with Crippen LogP contribution in [-0.4, -0.2) is 55.1 Å². The topological polar surface area (TPSA) is 105 Å². The van der Waals surface area contributed by atoms with E-state index in [1.54, 1.807) is 28.6 Å². The zero-order chi connectivity index (χ0) is 27.6. The van der Waals surface area contributed by atoms with E-state index in [1.807, 2.05) is 32.9 Å². The van der Waals surface area contributed by atoms with Crippen molar-refractivity contribution in [3.8, 4) is 0 Å². The molecule has 2 aromatic carbocycles. The number of benzene rings is 2. The third-order valence-electron chi connectivity index (χ3n) is 7.62. The highest BCUT2D eigenvalue weighted by Gasteiger charge is 2.45. The molecule has 4 rings (SSSR count). The first kappa shape index (κ1) is 29.0. The molecule has 1 saturated heterocycles. The van der Waals surface area contributed by atoms with Gasteiger partial charge < -0.3 is 16.4 Å². The van der Waals surface area contributed by atoms with Crippen molar-refractivity contribution in [2.75, 3.05) is 18.4 Å². The number of hydrogen-bond acceptors (Lipinski definition) is 5. The van der Waals surface area contributed by atoms with Crippen LogP contribution in [-0.2, 0) is 21.2 Å². The molecule has 7 nitrogen and oxygen atoms in total. The SMILES string of the molecule is CC(C)C(c1ccc(Cl)cc1)C(N)C(=O)Nc1cccc(F)c1CCC1CNCC(C)N1S(=O)(=O)C1CC1. The second kappa shape index (κ2) is 12.0. The van der Waals surface area contributed by atoms with Crippen LogP contribution in [0.15, 0.2) is 42.5 Å². The maximum Gasteiger partial charge on any atom is 0.241 e. The van der Waals surface area contributed by atoms with Crippen molar-refractivity contribution in [3.05, 3.63) is 64.4 Å². The molecule has 4 atom stereocenters. The van der Waals surface area contributed by atoms with E-state index in [0.29, 0.717) is 48.6 Å². The van der Waals surface area contributed by atoms with Crippen LogP contribution in [0.5, 0.6) is 0 Å². The Bertz CT molecular complexity index is 1240. The normalized spacial score (nSPS) is 22.3.